The Labute approximate surface area is 234 Å². The summed E-state index contributed by atoms with van der Waals surface area (Å²) in [5.41, 5.74) is -0.642. The van der Waals surface area contributed by atoms with Crippen LogP contribution < -0.4 is 15.4 Å². The number of benzene rings is 2. The lowest BCUT2D eigenvalue weighted by Crippen LogP contribution is -2.27. The first-order chi connectivity index (χ1) is 17.9. The Kier molecular flexibility index (Phi) is 11.4. The number of esters is 1. The first-order valence-electron chi connectivity index (χ1n) is 11.2. The number of hydrogen-bond acceptors (Lipinski definition) is 11. The minimum absolute atomic E-state index is 0.0550. The molecule has 2 N–H and O–H groups in total. The summed E-state index contributed by atoms with van der Waals surface area (Å²) in [6.45, 7) is 9.03. The monoisotopic (exact) mass is 582 g/mol. The van der Waals surface area contributed by atoms with Crippen molar-refractivity contribution in [2.24, 2.45) is 0 Å². The van der Waals surface area contributed by atoms with Crippen molar-refractivity contribution >= 4 is 58.5 Å². The number of nitro groups is 1. The Morgan fingerprint density at radius 1 is 1.11 bits per heavy atom. The summed E-state index contributed by atoms with van der Waals surface area (Å²) < 4.78 is 10.0. The Bertz CT molecular complexity index is 1290. The number of nitrogens with one attached hydrogen (secondary N) is 2. The molecule has 0 radical (unpaired) electrons. The van der Waals surface area contributed by atoms with Gasteiger partial charge < -0.3 is 20.1 Å². The van der Waals surface area contributed by atoms with Crippen molar-refractivity contribution in [2.75, 3.05) is 30.5 Å². The van der Waals surface area contributed by atoms with Crippen molar-refractivity contribution in [3.63, 3.8) is 0 Å². The van der Waals surface area contributed by atoms with Crippen molar-refractivity contribution in [1.82, 2.24) is 15.0 Å². The molecule has 0 saturated heterocycles. The van der Waals surface area contributed by atoms with Crippen LogP contribution in [0.1, 0.15) is 38.1 Å². The molecule has 0 spiro atoms. The molecule has 3 aromatic rings. The number of hydrogen-bond donors (Lipinski definition) is 2. The molecule has 0 aliphatic carbocycles. The maximum atomic E-state index is 11.6. The molecule has 14 heteroatoms. The quantitative estimate of drug-likeness (QED) is 0.126. The molecule has 38 heavy (non-hydrogen) atoms. The number of carbonyl (C=O) groups excluding carboxylic acids is 1. The lowest BCUT2D eigenvalue weighted by atomic mass is 10.1. The smallest absolute Gasteiger partial charge is 0.345 e. The SMILES string of the molecule is CCNc1nc(NC(C)(C)C)nc(SC)n1.COC(=O)c1cc(Oc2ccc(Cl)cc2Cl)ccc1[N+](=O)[O-]. The van der Waals surface area contributed by atoms with E-state index in [2.05, 4.69) is 51.1 Å². The minimum Gasteiger partial charge on any atom is -0.465 e. The number of anilines is 2. The maximum absolute atomic E-state index is 11.6. The van der Waals surface area contributed by atoms with Crippen LogP contribution in [0.5, 0.6) is 11.5 Å². The van der Waals surface area contributed by atoms with Gasteiger partial charge in [0, 0.05) is 29.2 Å². The van der Waals surface area contributed by atoms with Gasteiger partial charge in [-0.1, -0.05) is 35.0 Å². The third-order valence-electron chi connectivity index (χ3n) is 4.31. The summed E-state index contributed by atoms with van der Waals surface area (Å²) >= 11 is 13.3. The Hall–Kier alpha value is -3.35. The predicted octanol–water partition coefficient (Wildman–Crippen LogP) is 6.72. The van der Waals surface area contributed by atoms with E-state index < -0.39 is 10.9 Å². The fourth-order valence-corrected chi connectivity index (χ4v) is 3.58. The second-order valence-electron chi connectivity index (χ2n) is 8.48. The van der Waals surface area contributed by atoms with Crippen LogP contribution in [0.25, 0.3) is 0 Å². The number of nitrogens with zero attached hydrogens (tertiary/aromatic N) is 4. The molecule has 0 aliphatic heterocycles. The molecule has 0 saturated carbocycles. The zero-order valence-corrected chi connectivity index (χ0v) is 24.0. The van der Waals surface area contributed by atoms with Gasteiger partial charge in [0.1, 0.15) is 17.1 Å². The second kappa shape index (κ2) is 14.0. The van der Waals surface area contributed by atoms with Gasteiger partial charge in [-0.15, -0.1) is 0 Å². The van der Waals surface area contributed by atoms with E-state index in [4.69, 9.17) is 27.9 Å². The fourth-order valence-electron chi connectivity index (χ4n) is 2.77. The molecule has 0 bridgehead atoms. The van der Waals surface area contributed by atoms with Gasteiger partial charge in [0.15, 0.2) is 5.16 Å². The van der Waals surface area contributed by atoms with Crippen LogP contribution in [0, 0.1) is 10.1 Å². The van der Waals surface area contributed by atoms with E-state index in [9.17, 15) is 14.9 Å². The van der Waals surface area contributed by atoms with Crippen LogP contribution in [0.3, 0.4) is 0 Å². The van der Waals surface area contributed by atoms with E-state index in [0.29, 0.717) is 22.7 Å². The number of halogens is 2. The number of rotatable bonds is 8. The van der Waals surface area contributed by atoms with Crippen molar-refractivity contribution in [1.29, 1.82) is 0 Å². The first kappa shape index (κ1) is 30.9. The lowest BCUT2D eigenvalue weighted by Gasteiger charge is -2.20. The van der Waals surface area contributed by atoms with Gasteiger partial charge in [-0.25, -0.2) is 4.79 Å². The highest BCUT2D eigenvalue weighted by Gasteiger charge is 2.22. The zero-order valence-electron chi connectivity index (χ0n) is 21.7. The van der Waals surface area contributed by atoms with E-state index >= 15 is 0 Å². The Morgan fingerprint density at radius 2 is 1.79 bits per heavy atom. The largest absolute Gasteiger partial charge is 0.465 e. The van der Waals surface area contributed by atoms with Crippen LogP contribution in [0.4, 0.5) is 17.6 Å². The minimum atomic E-state index is -0.834. The molecular weight excluding hydrogens is 555 g/mol. The predicted molar refractivity (Wildman–Crippen MR) is 150 cm³/mol. The van der Waals surface area contributed by atoms with Gasteiger partial charge in [0.05, 0.1) is 17.1 Å². The average Bonchev–Trinajstić information content (AvgIpc) is 2.84. The summed E-state index contributed by atoms with van der Waals surface area (Å²) in [5, 5.41) is 18.7. The van der Waals surface area contributed by atoms with Crippen molar-refractivity contribution in [3.8, 4) is 11.5 Å². The van der Waals surface area contributed by atoms with Crippen LogP contribution in [0.15, 0.2) is 41.6 Å². The van der Waals surface area contributed by atoms with E-state index in [1.54, 1.807) is 12.1 Å². The summed E-state index contributed by atoms with van der Waals surface area (Å²) in [6, 6.07) is 8.35. The third-order valence-corrected chi connectivity index (χ3v) is 5.39. The highest BCUT2D eigenvalue weighted by molar-refractivity contribution is 7.98. The fraction of sp³-hybridized carbons (Fsp3) is 0.333. The van der Waals surface area contributed by atoms with Gasteiger partial charge >= 0.3 is 5.97 Å². The van der Waals surface area contributed by atoms with Crippen LogP contribution in [-0.2, 0) is 4.74 Å². The molecule has 204 valence electrons. The summed E-state index contributed by atoms with van der Waals surface area (Å²) in [5.74, 6) is 0.904. The average molecular weight is 583 g/mol. The van der Waals surface area contributed by atoms with Gasteiger partial charge in [0.2, 0.25) is 11.9 Å². The Morgan fingerprint density at radius 3 is 2.34 bits per heavy atom. The maximum Gasteiger partial charge on any atom is 0.345 e. The summed E-state index contributed by atoms with van der Waals surface area (Å²) in [7, 11) is 1.13. The van der Waals surface area contributed by atoms with Crippen LogP contribution >= 0.6 is 35.0 Å². The van der Waals surface area contributed by atoms with Crippen molar-refractivity contribution in [3.05, 3.63) is 62.1 Å². The number of thioether (sulfide) groups is 1. The molecule has 1 heterocycles. The zero-order chi connectivity index (χ0) is 28.5. The van der Waals surface area contributed by atoms with Gasteiger partial charge in [-0.3, -0.25) is 10.1 Å². The number of aromatic nitrogens is 3. The van der Waals surface area contributed by atoms with Crippen LogP contribution in [0.2, 0.25) is 10.0 Å². The van der Waals surface area contributed by atoms with E-state index in [0.717, 1.165) is 24.9 Å². The topological polar surface area (TPSA) is 141 Å². The molecule has 0 unspecified atom stereocenters. The van der Waals surface area contributed by atoms with Crippen molar-refractivity contribution < 1.29 is 19.2 Å². The Balaban J connectivity index is 0.000000281. The molecule has 1 aromatic heterocycles. The highest BCUT2D eigenvalue weighted by atomic mass is 35.5. The van der Waals surface area contributed by atoms with Gasteiger partial charge in [-0.2, -0.15) is 15.0 Å². The van der Waals surface area contributed by atoms with Crippen LogP contribution in [-0.4, -0.2) is 51.3 Å². The van der Waals surface area contributed by atoms with E-state index in [1.807, 2.05) is 13.2 Å². The number of carbonyl (C=O) groups is 1. The first-order valence-corrected chi connectivity index (χ1v) is 13.2. The molecule has 0 atom stereocenters. The molecule has 0 amide bonds. The number of nitro benzene ring substituents is 1. The number of methoxy groups -OCH3 is 1. The van der Waals surface area contributed by atoms with Crippen molar-refractivity contribution in [2.45, 2.75) is 38.4 Å². The molecule has 2 aromatic carbocycles. The third kappa shape index (κ3) is 9.51. The van der Waals surface area contributed by atoms with Gasteiger partial charge in [0.25, 0.3) is 5.69 Å². The van der Waals surface area contributed by atoms with E-state index in [-0.39, 0.29) is 27.6 Å². The molecule has 11 nitrogen and oxygen atoms in total. The van der Waals surface area contributed by atoms with E-state index in [1.165, 1.54) is 30.0 Å². The second-order valence-corrected chi connectivity index (χ2v) is 10.1. The number of ether oxygens (including phenoxy) is 2. The standard InChI is InChI=1S/C14H9Cl2NO5.C10H19N5S/c1-21-14(18)10-7-9(3-4-12(10)17(19)20)22-13-5-2-8(15)6-11(13)16;1-6-11-7-12-8(15-10(2,3)4)14-9(13-7)16-5/h2-7H,1H3;6H2,1-5H3,(H2,11,12,13,14,15). The molecule has 0 fully saturated rings. The highest BCUT2D eigenvalue weighted by Crippen LogP contribution is 2.33. The molecular formula is C24H28Cl2N6O5S. The normalized spacial score (nSPS) is 10.6. The molecule has 3 rings (SSSR count). The lowest BCUT2D eigenvalue weighted by molar-refractivity contribution is -0.385. The summed E-state index contributed by atoms with van der Waals surface area (Å²) in [6.07, 6.45) is 1.95. The van der Waals surface area contributed by atoms with Gasteiger partial charge in [-0.05, 0) is 58.2 Å². The molecule has 0 aliphatic rings. The summed E-state index contributed by atoms with van der Waals surface area (Å²) in [4.78, 5) is 34.7.